The fourth-order valence-electron chi connectivity index (χ4n) is 3.74. The molecule has 0 bridgehead atoms. The molecular formula is C24H33N2S+. The van der Waals surface area contributed by atoms with Crippen molar-refractivity contribution < 1.29 is 4.58 Å². The van der Waals surface area contributed by atoms with Crippen molar-refractivity contribution in [2.75, 3.05) is 18.0 Å². The van der Waals surface area contributed by atoms with Gasteiger partial charge in [0.25, 0.3) is 0 Å². The molecule has 0 atom stereocenters. The van der Waals surface area contributed by atoms with Crippen molar-refractivity contribution in [2.24, 2.45) is 0 Å². The standard InChI is InChI=1S/C24H33N2S/c1-17(2)20-10-9-11-21(18(3)4)24(20)26-15-14-25(16-26)22-12-7-8-13-23(22)27-19(5)6/h7-13,16-19H,14-15H2,1-6H3/q+1. The van der Waals surface area contributed by atoms with Crippen LogP contribution in [-0.4, -0.2) is 29.3 Å². The minimum absolute atomic E-state index is 0.518. The quantitative estimate of drug-likeness (QED) is 0.409. The van der Waals surface area contributed by atoms with Gasteiger partial charge in [0, 0.05) is 16.4 Å². The molecule has 0 spiro atoms. The van der Waals surface area contributed by atoms with Gasteiger partial charge in [0.15, 0.2) is 0 Å². The lowest BCUT2D eigenvalue weighted by Crippen LogP contribution is -2.19. The maximum Gasteiger partial charge on any atom is 0.244 e. The molecule has 144 valence electrons. The Bertz CT molecular complexity index is 795. The fraction of sp³-hybridized carbons (Fsp3) is 0.458. The number of benzene rings is 2. The summed E-state index contributed by atoms with van der Waals surface area (Å²) in [5.41, 5.74) is 5.64. The van der Waals surface area contributed by atoms with Crippen LogP contribution in [0.2, 0.25) is 0 Å². The van der Waals surface area contributed by atoms with Crippen LogP contribution >= 0.6 is 11.8 Å². The number of para-hydroxylation sites is 2. The molecule has 0 amide bonds. The average Bonchev–Trinajstić information content (AvgIpc) is 3.10. The van der Waals surface area contributed by atoms with Crippen molar-refractivity contribution in [3.8, 4) is 0 Å². The van der Waals surface area contributed by atoms with Crippen molar-refractivity contribution in [2.45, 2.75) is 63.5 Å². The van der Waals surface area contributed by atoms with Crippen LogP contribution in [0.5, 0.6) is 0 Å². The van der Waals surface area contributed by atoms with Gasteiger partial charge in [0.1, 0.15) is 24.5 Å². The summed E-state index contributed by atoms with van der Waals surface area (Å²) in [7, 11) is 0. The Morgan fingerprint density at radius 1 is 0.852 bits per heavy atom. The first-order chi connectivity index (χ1) is 12.9. The van der Waals surface area contributed by atoms with Crippen LogP contribution in [0.3, 0.4) is 0 Å². The zero-order valence-corrected chi connectivity index (χ0v) is 18.4. The summed E-state index contributed by atoms with van der Waals surface area (Å²) in [5.74, 6) is 1.04. The molecule has 0 aromatic heterocycles. The molecule has 3 heteroatoms. The molecule has 2 aromatic carbocycles. The number of nitrogens with zero attached hydrogens (tertiary/aromatic N) is 2. The first-order valence-electron chi connectivity index (χ1n) is 10.1. The van der Waals surface area contributed by atoms with E-state index in [0.29, 0.717) is 17.1 Å². The predicted octanol–water partition coefficient (Wildman–Crippen LogP) is 6.63. The highest BCUT2D eigenvalue weighted by molar-refractivity contribution is 8.00. The topological polar surface area (TPSA) is 6.25 Å². The largest absolute Gasteiger partial charge is 0.244 e. The Morgan fingerprint density at radius 3 is 2.07 bits per heavy atom. The maximum atomic E-state index is 2.47. The van der Waals surface area contributed by atoms with Gasteiger partial charge in [-0.1, -0.05) is 71.9 Å². The second kappa shape index (κ2) is 8.52. The van der Waals surface area contributed by atoms with E-state index in [1.54, 1.807) is 0 Å². The highest BCUT2D eigenvalue weighted by Gasteiger charge is 2.28. The van der Waals surface area contributed by atoms with E-state index in [2.05, 4.69) is 99.8 Å². The third-order valence-electron chi connectivity index (χ3n) is 5.03. The molecule has 0 unspecified atom stereocenters. The summed E-state index contributed by atoms with van der Waals surface area (Å²) in [6, 6.07) is 15.6. The minimum Gasteiger partial charge on any atom is -0.229 e. The van der Waals surface area contributed by atoms with Crippen LogP contribution in [-0.2, 0) is 0 Å². The maximum absolute atomic E-state index is 2.47. The van der Waals surface area contributed by atoms with E-state index in [0.717, 1.165) is 13.1 Å². The molecule has 0 radical (unpaired) electrons. The van der Waals surface area contributed by atoms with Gasteiger partial charge in [-0.2, -0.15) is 0 Å². The fourth-order valence-corrected chi connectivity index (χ4v) is 4.71. The molecule has 27 heavy (non-hydrogen) atoms. The van der Waals surface area contributed by atoms with Crippen molar-refractivity contribution in [1.29, 1.82) is 0 Å². The minimum atomic E-state index is 0.518. The molecule has 0 saturated heterocycles. The smallest absolute Gasteiger partial charge is 0.229 e. The summed E-state index contributed by atoms with van der Waals surface area (Å²) >= 11 is 1.94. The molecule has 3 rings (SSSR count). The van der Waals surface area contributed by atoms with Gasteiger partial charge in [-0.15, -0.1) is 11.8 Å². The third-order valence-corrected chi connectivity index (χ3v) is 6.10. The predicted molar refractivity (Wildman–Crippen MR) is 120 cm³/mol. The van der Waals surface area contributed by atoms with Gasteiger partial charge >= 0.3 is 0 Å². The summed E-state index contributed by atoms with van der Waals surface area (Å²) in [5, 5.41) is 0.582. The number of hydrogen-bond acceptors (Lipinski definition) is 2. The number of anilines is 1. The zero-order chi connectivity index (χ0) is 19.6. The van der Waals surface area contributed by atoms with E-state index in [9.17, 15) is 0 Å². The Balaban J connectivity index is 2.03. The summed E-state index contributed by atoms with van der Waals surface area (Å²) in [6.45, 7) is 15.8. The summed E-state index contributed by atoms with van der Waals surface area (Å²) < 4.78 is 2.47. The first-order valence-corrected chi connectivity index (χ1v) is 11.0. The van der Waals surface area contributed by atoms with E-state index >= 15 is 0 Å². The van der Waals surface area contributed by atoms with Crippen LogP contribution < -0.4 is 4.90 Å². The Hall–Kier alpha value is -1.74. The molecule has 2 nitrogen and oxygen atoms in total. The van der Waals surface area contributed by atoms with E-state index < -0.39 is 0 Å². The van der Waals surface area contributed by atoms with Gasteiger partial charge in [-0.25, -0.2) is 9.48 Å². The number of thioether (sulfide) groups is 1. The Morgan fingerprint density at radius 2 is 1.48 bits per heavy atom. The van der Waals surface area contributed by atoms with E-state index in [1.807, 2.05) is 11.8 Å². The Labute approximate surface area is 169 Å². The molecule has 0 aliphatic carbocycles. The van der Waals surface area contributed by atoms with Crippen LogP contribution in [0.25, 0.3) is 0 Å². The highest BCUT2D eigenvalue weighted by atomic mass is 32.2. The van der Waals surface area contributed by atoms with Crippen LogP contribution in [0.15, 0.2) is 47.4 Å². The van der Waals surface area contributed by atoms with E-state index in [1.165, 1.54) is 27.4 Å². The highest BCUT2D eigenvalue weighted by Crippen LogP contribution is 2.37. The van der Waals surface area contributed by atoms with Gasteiger partial charge in [0.2, 0.25) is 6.34 Å². The van der Waals surface area contributed by atoms with Crippen molar-refractivity contribution in [3.05, 3.63) is 53.6 Å². The monoisotopic (exact) mass is 381 g/mol. The Kier molecular flexibility index (Phi) is 6.31. The molecule has 1 aliphatic rings. The third kappa shape index (κ3) is 4.40. The molecule has 0 N–H and O–H groups in total. The van der Waals surface area contributed by atoms with E-state index in [-0.39, 0.29) is 0 Å². The number of hydrogen-bond donors (Lipinski definition) is 0. The molecule has 0 fully saturated rings. The first kappa shape index (κ1) is 20.0. The van der Waals surface area contributed by atoms with Gasteiger partial charge in [-0.3, -0.25) is 0 Å². The zero-order valence-electron chi connectivity index (χ0n) is 17.6. The lowest BCUT2D eigenvalue weighted by atomic mass is 9.92. The second-order valence-electron chi connectivity index (χ2n) is 8.23. The van der Waals surface area contributed by atoms with E-state index in [4.69, 9.17) is 0 Å². The normalized spacial score (nSPS) is 14.6. The SMILES string of the molecule is CC(C)Sc1ccccc1N1C=[N+](c2c(C(C)C)cccc2C(C)C)CC1. The second-order valence-corrected chi connectivity index (χ2v) is 9.85. The molecule has 1 heterocycles. The lowest BCUT2D eigenvalue weighted by molar-refractivity contribution is -0.425. The van der Waals surface area contributed by atoms with Crippen molar-refractivity contribution in [3.63, 3.8) is 0 Å². The number of rotatable bonds is 6. The van der Waals surface area contributed by atoms with Crippen LogP contribution in [0, 0.1) is 0 Å². The van der Waals surface area contributed by atoms with Gasteiger partial charge in [-0.05, 0) is 24.0 Å². The van der Waals surface area contributed by atoms with Crippen LogP contribution in [0.4, 0.5) is 11.4 Å². The van der Waals surface area contributed by atoms with Gasteiger partial charge in [0.05, 0.1) is 4.90 Å². The average molecular weight is 382 g/mol. The van der Waals surface area contributed by atoms with Crippen molar-refractivity contribution >= 4 is 29.5 Å². The van der Waals surface area contributed by atoms with Crippen molar-refractivity contribution in [1.82, 2.24) is 0 Å². The summed E-state index contributed by atoms with van der Waals surface area (Å²) in [6.07, 6.45) is 2.33. The molecular weight excluding hydrogens is 348 g/mol. The molecule has 1 aliphatic heterocycles. The van der Waals surface area contributed by atoms with Gasteiger partial charge < -0.3 is 0 Å². The summed E-state index contributed by atoms with van der Waals surface area (Å²) in [4.78, 5) is 3.79. The molecule has 2 aromatic rings. The van der Waals surface area contributed by atoms with Crippen LogP contribution in [0.1, 0.15) is 64.5 Å². The lowest BCUT2D eigenvalue weighted by Gasteiger charge is -2.18. The molecule has 0 saturated carbocycles.